The van der Waals surface area contributed by atoms with E-state index in [-0.39, 0.29) is 30.6 Å². The number of carbonyl (C=O) groups excluding carboxylic acids is 1. The largest absolute Gasteiger partial charge is 0.394 e. The number of rotatable bonds is 3. The molecule has 1 fully saturated rings. The van der Waals surface area contributed by atoms with Gasteiger partial charge in [-0.15, -0.1) is 0 Å². The molecule has 0 aromatic heterocycles. The molecule has 0 aromatic rings. The van der Waals surface area contributed by atoms with Gasteiger partial charge < -0.3 is 15.2 Å². The van der Waals surface area contributed by atoms with Crippen LogP contribution in [-0.2, 0) is 9.53 Å². The summed E-state index contributed by atoms with van der Waals surface area (Å²) in [5.41, 5.74) is 0. The maximum absolute atomic E-state index is 11.5. The Labute approximate surface area is 78.3 Å². The first-order valence-corrected chi connectivity index (χ1v) is 4.68. The number of nitrogens with one attached hydrogen (secondary N) is 1. The summed E-state index contributed by atoms with van der Waals surface area (Å²) in [6.07, 6.45) is 0.788. The van der Waals surface area contributed by atoms with Gasteiger partial charge in [-0.2, -0.15) is 0 Å². The number of ether oxygens (including phenoxy) is 1. The lowest BCUT2D eigenvalue weighted by molar-refractivity contribution is -0.127. The third-order valence-electron chi connectivity index (χ3n) is 2.38. The molecule has 2 N–H and O–H groups in total. The number of amides is 1. The second kappa shape index (κ2) is 4.58. The molecule has 1 heterocycles. The molecule has 1 amide bonds. The van der Waals surface area contributed by atoms with Gasteiger partial charge in [-0.25, -0.2) is 0 Å². The van der Waals surface area contributed by atoms with Gasteiger partial charge in [0.2, 0.25) is 5.91 Å². The maximum Gasteiger partial charge on any atom is 0.226 e. The monoisotopic (exact) mass is 187 g/mol. The predicted octanol–water partition coefficient (Wildman–Crippen LogP) is -0.0916. The zero-order valence-electron chi connectivity index (χ0n) is 8.12. The van der Waals surface area contributed by atoms with Crippen molar-refractivity contribution in [1.29, 1.82) is 0 Å². The summed E-state index contributed by atoms with van der Waals surface area (Å²) in [7, 11) is 0. The summed E-state index contributed by atoms with van der Waals surface area (Å²) in [5.74, 6) is -0.0550. The summed E-state index contributed by atoms with van der Waals surface area (Å²) < 4.78 is 5.28. The fourth-order valence-electron chi connectivity index (χ4n) is 1.47. The van der Waals surface area contributed by atoms with E-state index in [1.54, 1.807) is 6.92 Å². The first-order chi connectivity index (χ1) is 6.15. The number of carbonyl (C=O) groups is 1. The van der Waals surface area contributed by atoms with Crippen LogP contribution in [0.25, 0.3) is 0 Å². The van der Waals surface area contributed by atoms with Crippen LogP contribution in [0.2, 0.25) is 0 Å². The minimum Gasteiger partial charge on any atom is -0.394 e. The Kier molecular flexibility index (Phi) is 3.69. The molecule has 1 saturated heterocycles. The lowest BCUT2D eigenvalue weighted by Crippen LogP contribution is -2.41. The summed E-state index contributed by atoms with van der Waals surface area (Å²) in [6.45, 7) is 4.32. The van der Waals surface area contributed by atoms with Gasteiger partial charge in [0.1, 0.15) is 0 Å². The van der Waals surface area contributed by atoms with E-state index in [1.165, 1.54) is 0 Å². The van der Waals surface area contributed by atoms with E-state index < -0.39 is 0 Å². The molecule has 0 bridgehead atoms. The van der Waals surface area contributed by atoms with Crippen molar-refractivity contribution in [2.24, 2.45) is 5.92 Å². The number of aliphatic hydroxyl groups is 1. The summed E-state index contributed by atoms with van der Waals surface area (Å²) >= 11 is 0. The molecule has 1 rings (SSSR count). The smallest absolute Gasteiger partial charge is 0.226 e. The van der Waals surface area contributed by atoms with E-state index in [9.17, 15) is 4.79 Å². The highest BCUT2D eigenvalue weighted by molar-refractivity contribution is 5.79. The SMILES string of the molecule is CC1OCCC1C(=O)N[C@@H](C)CO. The summed E-state index contributed by atoms with van der Waals surface area (Å²) in [5, 5.41) is 11.5. The second-order valence-corrected chi connectivity index (χ2v) is 3.56. The van der Waals surface area contributed by atoms with E-state index >= 15 is 0 Å². The maximum atomic E-state index is 11.5. The van der Waals surface area contributed by atoms with Crippen molar-refractivity contribution in [2.75, 3.05) is 13.2 Å². The zero-order chi connectivity index (χ0) is 9.84. The Morgan fingerprint density at radius 2 is 2.46 bits per heavy atom. The van der Waals surface area contributed by atoms with Crippen molar-refractivity contribution >= 4 is 5.91 Å². The Bertz CT molecular complexity index is 184. The van der Waals surface area contributed by atoms with Gasteiger partial charge in [0.15, 0.2) is 0 Å². The standard InChI is InChI=1S/C9H17NO3/c1-6(5-11)10-9(12)8-3-4-13-7(8)2/h6-8,11H,3-5H2,1-2H3,(H,10,12)/t6-,7?,8?/m0/s1. The molecule has 1 aliphatic heterocycles. The summed E-state index contributed by atoms with van der Waals surface area (Å²) in [4.78, 5) is 11.5. The van der Waals surface area contributed by atoms with Crippen LogP contribution < -0.4 is 5.32 Å². The average molecular weight is 187 g/mol. The van der Waals surface area contributed by atoms with Crippen molar-refractivity contribution in [1.82, 2.24) is 5.32 Å². The first kappa shape index (κ1) is 10.5. The van der Waals surface area contributed by atoms with Crippen LogP contribution in [0.5, 0.6) is 0 Å². The average Bonchev–Trinajstić information content (AvgIpc) is 2.51. The van der Waals surface area contributed by atoms with Gasteiger partial charge in [0.25, 0.3) is 0 Å². The van der Waals surface area contributed by atoms with Crippen molar-refractivity contribution < 1.29 is 14.6 Å². The number of hydrogen-bond donors (Lipinski definition) is 2. The van der Waals surface area contributed by atoms with Crippen LogP contribution in [0.1, 0.15) is 20.3 Å². The van der Waals surface area contributed by atoms with Crippen LogP contribution in [-0.4, -0.2) is 36.4 Å². The molecule has 0 spiro atoms. The lowest BCUT2D eigenvalue weighted by Gasteiger charge is -2.17. The topological polar surface area (TPSA) is 58.6 Å². The Morgan fingerprint density at radius 3 is 2.92 bits per heavy atom. The van der Waals surface area contributed by atoms with Gasteiger partial charge in [-0.1, -0.05) is 0 Å². The van der Waals surface area contributed by atoms with Gasteiger partial charge in [-0.3, -0.25) is 4.79 Å². The molecule has 1 aliphatic rings. The molecule has 3 atom stereocenters. The van der Waals surface area contributed by atoms with Crippen LogP contribution >= 0.6 is 0 Å². The van der Waals surface area contributed by atoms with Crippen LogP contribution in [0.15, 0.2) is 0 Å². The van der Waals surface area contributed by atoms with E-state index in [4.69, 9.17) is 9.84 Å². The minimum atomic E-state index is -0.166. The molecule has 2 unspecified atom stereocenters. The third kappa shape index (κ3) is 2.67. The van der Waals surface area contributed by atoms with Crippen LogP contribution in [0.3, 0.4) is 0 Å². The molecule has 76 valence electrons. The van der Waals surface area contributed by atoms with E-state index in [2.05, 4.69) is 5.32 Å². The van der Waals surface area contributed by atoms with Gasteiger partial charge >= 0.3 is 0 Å². The van der Waals surface area contributed by atoms with Gasteiger partial charge in [0, 0.05) is 12.6 Å². The zero-order valence-corrected chi connectivity index (χ0v) is 8.12. The van der Waals surface area contributed by atoms with Crippen molar-refractivity contribution in [3.63, 3.8) is 0 Å². The molecule has 0 aliphatic carbocycles. The van der Waals surface area contributed by atoms with Gasteiger partial charge in [-0.05, 0) is 20.3 Å². The normalized spacial score (nSPS) is 30.1. The molecular weight excluding hydrogens is 170 g/mol. The molecular formula is C9H17NO3. The number of hydrogen-bond acceptors (Lipinski definition) is 3. The molecule has 0 radical (unpaired) electrons. The Morgan fingerprint density at radius 1 is 1.77 bits per heavy atom. The molecule has 13 heavy (non-hydrogen) atoms. The van der Waals surface area contributed by atoms with Crippen molar-refractivity contribution in [3.8, 4) is 0 Å². The minimum absolute atomic E-state index is 0.00546. The highest BCUT2D eigenvalue weighted by Crippen LogP contribution is 2.20. The Hall–Kier alpha value is -0.610. The van der Waals surface area contributed by atoms with Gasteiger partial charge in [0.05, 0.1) is 18.6 Å². The molecule has 0 saturated carbocycles. The number of aliphatic hydroxyl groups excluding tert-OH is 1. The fourth-order valence-corrected chi connectivity index (χ4v) is 1.47. The molecule has 4 heteroatoms. The highest BCUT2D eigenvalue weighted by atomic mass is 16.5. The van der Waals surface area contributed by atoms with E-state index in [0.29, 0.717) is 6.61 Å². The summed E-state index contributed by atoms with van der Waals surface area (Å²) in [6, 6.07) is -0.166. The predicted molar refractivity (Wildman–Crippen MR) is 48.2 cm³/mol. The fraction of sp³-hybridized carbons (Fsp3) is 0.889. The molecule has 4 nitrogen and oxygen atoms in total. The lowest BCUT2D eigenvalue weighted by atomic mass is 10.0. The van der Waals surface area contributed by atoms with E-state index in [1.807, 2.05) is 6.92 Å². The Balaban J connectivity index is 2.38. The first-order valence-electron chi connectivity index (χ1n) is 4.68. The van der Waals surface area contributed by atoms with Crippen LogP contribution in [0, 0.1) is 5.92 Å². The van der Waals surface area contributed by atoms with Crippen molar-refractivity contribution in [2.45, 2.75) is 32.4 Å². The van der Waals surface area contributed by atoms with Crippen molar-refractivity contribution in [3.05, 3.63) is 0 Å². The quantitative estimate of drug-likeness (QED) is 0.649. The van der Waals surface area contributed by atoms with E-state index in [0.717, 1.165) is 6.42 Å². The second-order valence-electron chi connectivity index (χ2n) is 3.56. The third-order valence-corrected chi connectivity index (χ3v) is 2.38. The van der Waals surface area contributed by atoms with Crippen LogP contribution in [0.4, 0.5) is 0 Å². The molecule has 0 aromatic carbocycles. The highest BCUT2D eigenvalue weighted by Gasteiger charge is 2.30.